The Morgan fingerprint density at radius 1 is 1.11 bits per heavy atom. The number of hydrogen-bond donors (Lipinski definition) is 0. The van der Waals surface area contributed by atoms with Crippen LogP contribution in [0.3, 0.4) is 0 Å². The Bertz CT molecular complexity index is 773. The summed E-state index contributed by atoms with van der Waals surface area (Å²) in [6.45, 7) is 0. The zero-order valence-electron chi connectivity index (χ0n) is 9.46. The lowest BCUT2D eigenvalue weighted by molar-refractivity contribution is 0.678. The van der Waals surface area contributed by atoms with Crippen molar-refractivity contribution in [2.45, 2.75) is 4.90 Å². The molecule has 3 aromatic rings. The highest BCUT2D eigenvalue weighted by atomic mass is 35.5. The molecule has 0 aliphatic heterocycles. The molecule has 0 radical (unpaired) electrons. The van der Waals surface area contributed by atoms with Gasteiger partial charge in [0.1, 0.15) is 11.5 Å². The van der Waals surface area contributed by atoms with Crippen LogP contribution in [0.15, 0.2) is 47.8 Å². The number of hydrogen-bond acceptors (Lipinski definition) is 3. The van der Waals surface area contributed by atoms with E-state index in [1.807, 2.05) is 18.2 Å². The first-order valence-corrected chi connectivity index (χ1v) is 7.19. The Labute approximate surface area is 121 Å². The molecule has 0 saturated carbocycles. The number of fused-ring (bicyclic) bond motifs is 1. The van der Waals surface area contributed by atoms with E-state index in [2.05, 4.69) is 9.97 Å². The van der Waals surface area contributed by atoms with Gasteiger partial charge in [0.15, 0.2) is 16.6 Å². The van der Waals surface area contributed by atoms with Gasteiger partial charge in [0, 0.05) is 6.20 Å². The first-order chi connectivity index (χ1) is 9.18. The number of rotatable bonds is 2. The molecule has 1 unspecified atom stereocenters. The van der Waals surface area contributed by atoms with Gasteiger partial charge in [-0.3, -0.25) is 0 Å². The quantitative estimate of drug-likeness (QED) is 0.682. The summed E-state index contributed by atoms with van der Waals surface area (Å²) in [7, 11) is -1.43. The van der Waals surface area contributed by atoms with Crippen LogP contribution >= 0.6 is 23.2 Å². The highest BCUT2D eigenvalue weighted by molar-refractivity contribution is 7.83. The van der Waals surface area contributed by atoms with E-state index in [4.69, 9.17) is 23.2 Å². The molecule has 0 aliphatic rings. The van der Waals surface area contributed by atoms with Crippen molar-refractivity contribution in [3.05, 3.63) is 53.0 Å². The molecular formula is C12H7Cl2N3OS. The van der Waals surface area contributed by atoms with E-state index in [-0.39, 0.29) is 5.15 Å². The van der Waals surface area contributed by atoms with Crippen LogP contribution in [0.1, 0.15) is 0 Å². The number of halogens is 2. The van der Waals surface area contributed by atoms with Crippen molar-refractivity contribution in [2.75, 3.05) is 0 Å². The van der Waals surface area contributed by atoms with E-state index in [1.54, 1.807) is 18.3 Å². The minimum absolute atomic E-state index is 0.249. The average molecular weight is 312 g/mol. The first kappa shape index (κ1) is 12.6. The summed E-state index contributed by atoms with van der Waals surface area (Å²) in [6, 6.07) is 9.06. The van der Waals surface area contributed by atoms with E-state index < -0.39 is 11.0 Å². The fraction of sp³-hybridized carbons (Fsp3) is 0. The van der Waals surface area contributed by atoms with Crippen molar-refractivity contribution in [3.63, 3.8) is 0 Å². The van der Waals surface area contributed by atoms with Gasteiger partial charge in [-0.25, -0.2) is 18.1 Å². The van der Waals surface area contributed by atoms with Crippen molar-refractivity contribution in [3.8, 4) is 0 Å². The molecule has 2 heterocycles. The minimum Gasteiger partial charge on any atom is -0.244 e. The Morgan fingerprint density at radius 2 is 1.84 bits per heavy atom. The second-order valence-electron chi connectivity index (χ2n) is 3.73. The van der Waals surface area contributed by atoms with Gasteiger partial charge in [-0.1, -0.05) is 41.4 Å². The van der Waals surface area contributed by atoms with E-state index in [0.717, 1.165) is 0 Å². The van der Waals surface area contributed by atoms with Crippen LogP contribution in [0.5, 0.6) is 0 Å². The van der Waals surface area contributed by atoms with Crippen LogP contribution in [-0.4, -0.2) is 18.1 Å². The summed E-state index contributed by atoms with van der Waals surface area (Å²) in [5, 5.41) is 1.14. The van der Waals surface area contributed by atoms with E-state index >= 15 is 0 Å². The van der Waals surface area contributed by atoms with Gasteiger partial charge in [0.25, 0.3) is 0 Å². The van der Waals surface area contributed by atoms with Crippen LogP contribution in [-0.2, 0) is 11.0 Å². The molecule has 0 N–H and O–H groups in total. The third-order valence-electron chi connectivity index (χ3n) is 2.58. The SMILES string of the molecule is O=S(c1ccccc1)n1cc(Cl)c2c(Cl)ncnc21. The molecule has 19 heavy (non-hydrogen) atoms. The van der Waals surface area contributed by atoms with Crippen molar-refractivity contribution >= 4 is 45.2 Å². The number of benzene rings is 1. The molecule has 96 valence electrons. The highest BCUT2D eigenvalue weighted by Gasteiger charge is 2.16. The zero-order valence-corrected chi connectivity index (χ0v) is 11.8. The van der Waals surface area contributed by atoms with Gasteiger partial charge in [-0.15, -0.1) is 0 Å². The molecule has 1 atom stereocenters. The topological polar surface area (TPSA) is 47.8 Å². The van der Waals surface area contributed by atoms with E-state index in [1.165, 1.54) is 10.3 Å². The van der Waals surface area contributed by atoms with E-state index in [9.17, 15) is 4.21 Å². The largest absolute Gasteiger partial charge is 0.244 e. The lowest BCUT2D eigenvalue weighted by atomic mass is 10.4. The summed E-state index contributed by atoms with van der Waals surface area (Å²) in [6.07, 6.45) is 2.87. The summed E-state index contributed by atoms with van der Waals surface area (Å²) < 4.78 is 14.0. The summed E-state index contributed by atoms with van der Waals surface area (Å²) >= 11 is 12.1. The maximum absolute atomic E-state index is 12.5. The summed E-state index contributed by atoms with van der Waals surface area (Å²) in [5.41, 5.74) is 0.451. The predicted octanol–water partition coefficient (Wildman–Crippen LogP) is 3.31. The second kappa shape index (κ2) is 4.92. The van der Waals surface area contributed by atoms with E-state index in [0.29, 0.717) is 21.0 Å². The van der Waals surface area contributed by atoms with Crippen LogP contribution in [0.4, 0.5) is 0 Å². The molecule has 0 amide bonds. The lowest BCUT2D eigenvalue weighted by Crippen LogP contribution is -2.04. The minimum atomic E-state index is -1.43. The van der Waals surface area contributed by atoms with Gasteiger partial charge in [0.2, 0.25) is 0 Å². The fourth-order valence-corrected chi connectivity index (χ4v) is 3.46. The van der Waals surface area contributed by atoms with Crippen LogP contribution in [0.25, 0.3) is 11.0 Å². The molecule has 2 aromatic heterocycles. The Balaban J connectivity index is 2.22. The first-order valence-electron chi connectivity index (χ1n) is 5.33. The van der Waals surface area contributed by atoms with Crippen molar-refractivity contribution in [1.82, 2.24) is 13.9 Å². The van der Waals surface area contributed by atoms with Crippen molar-refractivity contribution in [1.29, 1.82) is 0 Å². The maximum Gasteiger partial charge on any atom is 0.158 e. The normalized spacial score (nSPS) is 12.7. The Kier molecular flexibility index (Phi) is 3.26. The number of aromatic nitrogens is 3. The van der Waals surface area contributed by atoms with Gasteiger partial charge in [-0.2, -0.15) is 0 Å². The molecule has 0 bridgehead atoms. The number of nitrogens with zero attached hydrogens (tertiary/aromatic N) is 3. The van der Waals surface area contributed by atoms with Crippen LogP contribution in [0, 0.1) is 0 Å². The molecular weight excluding hydrogens is 305 g/mol. The van der Waals surface area contributed by atoms with Gasteiger partial charge >= 0.3 is 0 Å². The Hall–Kier alpha value is -1.43. The zero-order chi connectivity index (χ0) is 13.4. The van der Waals surface area contributed by atoms with Crippen molar-refractivity contribution in [2.24, 2.45) is 0 Å². The Morgan fingerprint density at radius 3 is 2.58 bits per heavy atom. The molecule has 3 rings (SSSR count). The smallest absolute Gasteiger partial charge is 0.158 e. The monoisotopic (exact) mass is 311 g/mol. The molecule has 0 saturated heterocycles. The summed E-state index contributed by atoms with van der Waals surface area (Å²) in [5.74, 6) is 0. The lowest BCUT2D eigenvalue weighted by Gasteiger charge is -2.03. The van der Waals surface area contributed by atoms with Gasteiger partial charge in [0.05, 0.1) is 15.3 Å². The molecule has 4 nitrogen and oxygen atoms in total. The predicted molar refractivity (Wildman–Crippen MR) is 75.8 cm³/mol. The standard InChI is InChI=1S/C12H7Cl2N3OS/c13-9-6-17(12-10(9)11(14)15-7-16-12)19(18)8-4-2-1-3-5-8/h1-7H. The second-order valence-corrected chi connectivity index (χ2v) is 5.86. The molecule has 7 heteroatoms. The summed E-state index contributed by atoms with van der Waals surface area (Å²) in [4.78, 5) is 8.63. The van der Waals surface area contributed by atoms with Gasteiger partial charge in [-0.05, 0) is 12.1 Å². The third kappa shape index (κ3) is 2.14. The van der Waals surface area contributed by atoms with Gasteiger partial charge < -0.3 is 0 Å². The average Bonchev–Trinajstić information content (AvgIpc) is 2.78. The van der Waals surface area contributed by atoms with Crippen LogP contribution in [0.2, 0.25) is 10.2 Å². The molecule has 0 spiro atoms. The molecule has 0 aliphatic carbocycles. The van der Waals surface area contributed by atoms with Crippen LogP contribution < -0.4 is 0 Å². The fourth-order valence-electron chi connectivity index (χ4n) is 1.73. The van der Waals surface area contributed by atoms with Crippen molar-refractivity contribution < 1.29 is 4.21 Å². The third-order valence-corrected chi connectivity index (χ3v) is 4.47. The molecule has 1 aromatic carbocycles. The highest BCUT2D eigenvalue weighted by Crippen LogP contribution is 2.30. The molecule has 0 fully saturated rings. The maximum atomic E-state index is 12.5.